The van der Waals surface area contributed by atoms with Crippen molar-refractivity contribution < 1.29 is 19.7 Å². The van der Waals surface area contributed by atoms with Gasteiger partial charge in [-0.3, -0.25) is 4.90 Å². The lowest BCUT2D eigenvalue weighted by Crippen LogP contribution is -2.35. The largest absolute Gasteiger partial charge is 0.508 e. The van der Waals surface area contributed by atoms with Crippen LogP contribution in [0.2, 0.25) is 0 Å². The van der Waals surface area contributed by atoms with E-state index in [2.05, 4.69) is 37.8 Å². The van der Waals surface area contributed by atoms with Gasteiger partial charge in [-0.05, 0) is 91.4 Å². The fourth-order valence-electron chi connectivity index (χ4n) is 5.53. The summed E-state index contributed by atoms with van der Waals surface area (Å²) in [7, 11) is 0. The molecule has 194 valence electrons. The van der Waals surface area contributed by atoms with E-state index in [1.807, 2.05) is 30.3 Å². The number of aromatic hydroxyl groups is 2. The third kappa shape index (κ3) is 5.47. The van der Waals surface area contributed by atoms with E-state index in [9.17, 15) is 10.2 Å². The number of hydrogen-bond acceptors (Lipinski definition) is 5. The van der Waals surface area contributed by atoms with Crippen LogP contribution < -0.4 is 9.47 Å². The lowest BCUT2D eigenvalue weighted by atomic mass is 9.83. The average Bonchev–Trinajstić information content (AvgIpc) is 3.34. The topological polar surface area (TPSA) is 62.2 Å². The van der Waals surface area contributed by atoms with Crippen LogP contribution in [0.15, 0.2) is 66.7 Å². The molecule has 2 aliphatic heterocycles. The van der Waals surface area contributed by atoms with Crippen molar-refractivity contribution in [3.8, 4) is 23.0 Å². The van der Waals surface area contributed by atoms with Crippen molar-refractivity contribution in [1.82, 2.24) is 4.90 Å². The maximum Gasteiger partial charge on any atom is 0.150 e. The first kappa shape index (κ1) is 25.2. The second-order valence-corrected chi connectivity index (χ2v) is 10.5. The van der Waals surface area contributed by atoms with Crippen molar-refractivity contribution in [3.63, 3.8) is 0 Å². The molecule has 0 aromatic heterocycles. The standard InChI is InChI=1S/C32H37NO4/c1-4-6-28-29-18-26(35)11-14-30(29)37-32(31(28)24-7-5-8-25(34)17-24)23-9-12-27(13-10-23)36-20-22(3)33-16-15-21(2)19-33/h5,7-14,17-18,21-22,32,34-35H,4,6,15-16,19-20H2,1-3H3/t21-,22+,32?/m1/s1. The lowest BCUT2D eigenvalue weighted by molar-refractivity contribution is 0.169. The molecular weight excluding hydrogens is 462 g/mol. The maximum atomic E-state index is 10.3. The van der Waals surface area contributed by atoms with Gasteiger partial charge in [0.15, 0.2) is 0 Å². The molecule has 3 aromatic carbocycles. The molecule has 37 heavy (non-hydrogen) atoms. The molecule has 2 aliphatic rings. The Kier molecular flexibility index (Phi) is 7.43. The molecule has 2 heterocycles. The summed E-state index contributed by atoms with van der Waals surface area (Å²) in [6, 6.07) is 21.2. The summed E-state index contributed by atoms with van der Waals surface area (Å²) < 4.78 is 12.7. The molecule has 5 nitrogen and oxygen atoms in total. The number of ether oxygens (including phenoxy) is 2. The molecule has 2 N–H and O–H groups in total. The molecule has 0 aliphatic carbocycles. The Labute approximate surface area is 220 Å². The van der Waals surface area contributed by atoms with E-state index in [1.165, 1.54) is 6.42 Å². The smallest absolute Gasteiger partial charge is 0.150 e. The number of benzene rings is 3. The number of hydrogen-bond donors (Lipinski definition) is 2. The van der Waals surface area contributed by atoms with Gasteiger partial charge in [-0.1, -0.05) is 44.5 Å². The number of fused-ring (bicyclic) bond motifs is 1. The SMILES string of the molecule is CCCC1=C(c2cccc(O)c2)C(c2ccc(OC[C@H](C)N3CC[C@@H](C)C3)cc2)Oc2ccc(O)cc21. The van der Waals surface area contributed by atoms with Gasteiger partial charge in [-0.2, -0.15) is 0 Å². The zero-order chi connectivity index (χ0) is 25.9. The van der Waals surface area contributed by atoms with E-state index in [-0.39, 0.29) is 17.6 Å². The molecule has 0 radical (unpaired) electrons. The van der Waals surface area contributed by atoms with Crippen LogP contribution in [0, 0.1) is 5.92 Å². The Balaban J connectivity index is 1.45. The highest BCUT2D eigenvalue weighted by Gasteiger charge is 2.31. The minimum atomic E-state index is -0.348. The van der Waals surface area contributed by atoms with Crippen molar-refractivity contribution >= 4 is 11.1 Å². The van der Waals surface area contributed by atoms with Crippen molar-refractivity contribution in [2.45, 2.75) is 52.2 Å². The highest BCUT2D eigenvalue weighted by Crippen LogP contribution is 2.49. The fourth-order valence-corrected chi connectivity index (χ4v) is 5.53. The molecule has 0 amide bonds. The van der Waals surface area contributed by atoms with E-state index in [0.717, 1.165) is 71.2 Å². The van der Waals surface area contributed by atoms with Crippen LogP contribution in [0.3, 0.4) is 0 Å². The summed E-state index contributed by atoms with van der Waals surface area (Å²) in [6.07, 6.45) is 2.69. The summed E-state index contributed by atoms with van der Waals surface area (Å²) in [5.74, 6) is 2.79. The highest BCUT2D eigenvalue weighted by atomic mass is 16.5. The number of rotatable bonds is 8. The van der Waals surface area contributed by atoms with Crippen molar-refractivity contribution in [2.75, 3.05) is 19.7 Å². The van der Waals surface area contributed by atoms with Gasteiger partial charge in [0.25, 0.3) is 0 Å². The predicted octanol–water partition coefficient (Wildman–Crippen LogP) is 7.05. The molecule has 5 heteroatoms. The Morgan fingerprint density at radius 3 is 2.51 bits per heavy atom. The summed E-state index contributed by atoms with van der Waals surface area (Å²) in [5.41, 5.74) is 4.98. The Bertz CT molecular complexity index is 1270. The van der Waals surface area contributed by atoms with Gasteiger partial charge in [0.2, 0.25) is 0 Å². The second-order valence-electron chi connectivity index (χ2n) is 10.5. The Morgan fingerprint density at radius 2 is 1.81 bits per heavy atom. The van der Waals surface area contributed by atoms with Crippen LogP contribution in [0.4, 0.5) is 0 Å². The van der Waals surface area contributed by atoms with Crippen LogP contribution >= 0.6 is 0 Å². The quantitative estimate of drug-likeness (QED) is 0.348. The fraction of sp³-hybridized carbons (Fsp3) is 0.375. The Morgan fingerprint density at radius 1 is 1.03 bits per heavy atom. The van der Waals surface area contributed by atoms with E-state index in [4.69, 9.17) is 9.47 Å². The minimum absolute atomic E-state index is 0.212. The van der Waals surface area contributed by atoms with Gasteiger partial charge in [0.1, 0.15) is 35.7 Å². The number of allylic oxidation sites excluding steroid dienone is 1. The number of phenolic OH excluding ortho intramolecular Hbond substituents is 2. The summed E-state index contributed by atoms with van der Waals surface area (Å²) in [4.78, 5) is 2.51. The molecule has 3 atom stereocenters. The molecule has 0 spiro atoms. The number of nitrogens with zero attached hydrogens (tertiary/aromatic N) is 1. The molecule has 0 bridgehead atoms. The number of phenols is 2. The average molecular weight is 500 g/mol. The van der Waals surface area contributed by atoms with E-state index in [1.54, 1.807) is 24.3 Å². The first-order valence-corrected chi connectivity index (χ1v) is 13.4. The lowest BCUT2D eigenvalue weighted by Gasteiger charge is -2.32. The van der Waals surface area contributed by atoms with Gasteiger partial charge in [0, 0.05) is 23.7 Å². The zero-order valence-electron chi connectivity index (χ0n) is 22.0. The van der Waals surface area contributed by atoms with E-state index >= 15 is 0 Å². The van der Waals surface area contributed by atoms with Gasteiger partial charge < -0.3 is 19.7 Å². The van der Waals surface area contributed by atoms with Crippen molar-refractivity contribution in [3.05, 3.63) is 83.4 Å². The van der Waals surface area contributed by atoms with E-state index < -0.39 is 0 Å². The molecule has 1 saturated heterocycles. The normalized spacial score (nSPS) is 20.4. The summed E-state index contributed by atoms with van der Waals surface area (Å²) >= 11 is 0. The predicted molar refractivity (Wildman–Crippen MR) is 148 cm³/mol. The third-order valence-corrected chi connectivity index (χ3v) is 7.53. The monoisotopic (exact) mass is 499 g/mol. The first-order valence-electron chi connectivity index (χ1n) is 13.4. The molecule has 1 fully saturated rings. The highest BCUT2D eigenvalue weighted by molar-refractivity contribution is 5.96. The van der Waals surface area contributed by atoms with Crippen molar-refractivity contribution in [2.24, 2.45) is 5.92 Å². The third-order valence-electron chi connectivity index (χ3n) is 7.53. The molecule has 3 aromatic rings. The van der Waals surface area contributed by atoms with Gasteiger partial charge in [0.05, 0.1) is 0 Å². The summed E-state index contributed by atoms with van der Waals surface area (Å²) in [5, 5.41) is 20.5. The van der Waals surface area contributed by atoms with Gasteiger partial charge in [-0.15, -0.1) is 0 Å². The second kappa shape index (κ2) is 10.9. The molecule has 0 saturated carbocycles. The molecule has 1 unspecified atom stereocenters. The van der Waals surface area contributed by atoms with Crippen LogP contribution in [0.25, 0.3) is 11.1 Å². The van der Waals surface area contributed by atoms with Crippen LogP contribution in [-0.2, 0) is 0 Å². The van der Waals surface area contributed by atoms with Crippen LogP contribution in [0.1, 0.15) is 62.8 Å². The van der Waals surface area contributed by atoms with E-state index in [0.29, 0.717) is 12.6 Å². The van der Waals surface area contributed by atoms with Crippen molar-refractivity contribution in [1.29, 1.82) is 0 Å². The Hall–Kier alpha value is -3.44. The van der Waals surface area contributed by atoms with Crippen LogP contribution in [-0.4, -0.2) is 40.9 Å². The van der Waals surface area contributed by atoms with Gasteiger partial charge >= 0.3 is 0 Å². The van der Waals surface area contributed by atoms with Gasteiger partial charge in [-0.25, -0.2) is 0 Å². The first-order chi connectivity index (χ1) is 17.9. The molecular formula is C32H37NO4. The minimum Gasteiger partial charge on any atom is -0.508 e. The molecule has 5 rings (SSSR count). The zero-order valence-corrected chi connectivity index (χ0v) is 22.0. The number of likely N-dealkylation sites (tertiary alicyclic amines) is 1. The van der Waals surface area contributed by atoms with Crippen LogP contribution in [0.5, 0.6) is 23.0 Å². The summed E-state index contributed by atoms with van der Waals surface area (Å²) in [6.45, 7) is 9.65. The maximum absolute atomic E-state index is 10.3.